The van der Waals surface area contributed by atoms with Gasteiger partial charge in [0.2, 0.25) is 5.24 Å². The zero-order valence-corrected chi connectivity index (χ0v) is 15.3. The van der Waals surface area contributed by atoms with Gasteiger partial charge in [-0.1, -0.05) is 38.3 Å². The van der Waals surface area contributed by atoms with Crippen molar-refractivity contribution in [3.05, 3.63) is 29.8 Å². The molecule has 0 radical (unpaired) electrons. The molecule has 24 heavy (non-hydrogen) atoms. The predicted octanol–water partition coefficient (Wildman–Crippen LogP) is 4.17. The number of morpholine rings is 1. The van der Waals surface area contributed by atoms with Gasteiger partial charge in [0.25, 0.3) is 0 Å². The van der Waals surface area contributed by atoms with Crippen molar-refractivity contribution in [3.8, 4) is 5.75 Å². The first-order valence-corrected chi connectivity index (χ1v) is 9.32. The van der Waals surface area contributed by atoms with Gasteiger partial charge in [0.05, 0.1) is 19.3 Å². The Labute approximate surface area is 150 Å². The van der Waals surface area contributed by atoms with Crippen LogP contribution in [0.4, 0.5) is 0 Å². The van der Waals surface area contributed by atoms with Gasteiger partial charge < -0.3 is 9.47 Å². The molecule has 0 saturated carbocycles. The van der Waals surface area contributed by atoms with Crippen molar-refractivity contribution in [1.82, 2.24) is 4.90 Å². The summed E-state index contributed by atoms with van der Waals surface area (Å²) in [6.45, 7) is 6.00. The van der Waals surface area contributed by atoms with E-state index in [1.54, 1.807) is 0 Å². The van der Waals surface area contributed by atoms with Crippen molar-refractivity contribution in [2.45, 2.75) is 45.1 Å². The average Bonchev–Trinajstić information content (AvgIpc) is 2.60. The lowest BCUT2D eigenvalue weighted by molar-refractivity contribution is -0.112. The van der Waals surface area contributed by atoms with E-state index in [4.69, 9.17) is 21.1 Å². The molecular formula is C19H28ClNO3. The van der Waals surface area contributed by atoms with E-state index in [1.165, 1.54) is 19.3 Å². The van der Waals surface area contributed by atoms with Crippen LogP contribution in [0.25, 0.3) is 0 Å². The highest BCUT2D eigenvalue weighted by Crippen LogP contribution is 2.24. The van der Waals surface area contributed by atoms with Gasteiger partial charge in [0.1, 0.15) is 5.75 Å². The first kappa shape index (κ1) is 19.2. The number of unbranched alkanes of at least 4 members (excludes halogenated alkanes) is 3. The maximum atomic E-state index is 10.9. The Balaban J connectivity index is 1.78. The summed E-state index contributed by atoms with van der Waals surface area (Å²) in [5, 5.41) is -0.279. The molecule has 4 nitrogen and oxygen atoms in total. The van der Waals surface area contributed by atoms with Gasteiger partial charge in [0.15, 0.2) is 0 Å². The Bertz CT molecular complexity index is 492. The topological polar surface area (TPSA) is 38.8 Å². The molecule has 0 N–H and O–H groups in total. The first-order valence-electron chi connectivity index (χ1n) is 8.94. The number of hydrogen-bond donors (Lipinski definition) is 0. The molecule has 1 aromatic carbocycles. The van der Waals surface area contributed by atoms with Crippen molar-refractivity contribution in [2.24, 2.45) is 0 Å². The highest BCUT2D eigenvalue weighted by Gasteiger charge is 2.22. The second kappa shape index (κ2) is 10.7. The quantitative estimate of drug-likeness (QED) is 0.467. The Hall–Kier alpha value is -1.10. The van der Waals surface area contributed by atoms with Crippen LogP contribution in [0.5, 0.6) is 5.75 Å². The van der Waals surface area contributed by atoms with Crippen LogP contribution in [0.1, 0.15) is 50.7 Å². The van der Waals surface area contributed by atoms with Crippen molar-refractivity contribution in [2.75, 3.05) is 32.8 Å². The molecule has 0 amide bonds. The standard InChI is InChI=1S/C19H28ClNO3/c1-2-3-4-5-13-23-17-8-6-16(7-9-17)18-15-21(12-14-24-18)11-10-19(20)22/h6-9,18H,2-5,10-15H2,1H3. The largest absolute Gasteiger partial charge is 0.494 e. The summed E-state index contributed by atoms with van der Waals surface area (Å²) in [5.41, 5.74) is 1.15. The average molecular weight is 354 g/mol. The third kappa shape index (κ3) is 6.80. The Kier molecular flexibility index (Phi) is 8.57. The van der Waals surface area contributed by atoms with Crippen LogP contribution < -0.4 is 4.74 Å². The smallest absolute Gasteiger partial charge is 0.222 e. The minimum atomic E-state index is -0.279. The monoisotopic (exact) mass is 353 g/mol. The van der Waals surface area contributed by atoms with Gasteiger partial charge in [0, 0.05) is 26.1 Å². The van der Waals surface area contributed by atoms with Crippen LogP contribution in [0, 0.1) is 0 Å². The maximum absolute atomic E-state index is 10.9. The molecule has 0 aliphatic carbocycles. The molecule has 0 bridgehead atoms. The molecule has 1 saturated heterocycles. The van der Waals surface area contributed by atoms with E-state index in [-0.39, 0.29) is 11.3 Å². The summed E-state index contributed by atoms with van der Waals surface area (Å²) in [5.74, 6) is 0.913. The fraction of sp³-hybridized carbons (Fsp3) is 0.632. The Morgan fingerprint density at radius 3 is 2.79 bits per heavy atom. The van der Waals surface area contributed by atoms with E-state index in [9.17, 15) is 4.79 Å². The van der Waals surface area contributed by atoms with Crippen molar-refractivity contribution < 1.29 is 14.3 Å². The molecule has 2 rings (SSSR count). The molecule has 5 heteroatoms. The zero-order valence-electron chi connectivity index (χ0n) is 14.5. The van der Waals surface area contributed by atoms with Gasteiger partial charge in [-0.15, -0.1) is 0 Å². The van der Waals surface area contributed by atoms with Gasteiger partial charge >= 0.3 is 0 Å². The molecule has 1 aromatic rings. The lowest BCUT2D eigenvalue weighted by Crippen LogP contribution is -2.39. The van der Waals surface area contributed by atoms with E-state index >= 15 is 0 Å². The fourth-order valence-corrected chi connectivity index (χ4v) is 2.94. The molecule has 0 spiro atoms. The molecule has 1 fully saturated rings. The van der Waals surface area contributed by atoms with Gasteiger partial charge in [-0.25, -0.2) is 0 Å². The molecule has 0 aromatic heterocycles. The van der Waals surface area contributed by atoms with Crippen LogP contribution in [0.15, 0.2) is 24.3 Å². The van der Waals surface area contributed by atoms with Crippen LogP contribution in [0.3, 0.4) is 0 Å². The molecule has 134 valence electrons. The van der Waals surface area contributed by atoms with E-state index in [0.717, 1.165) is 37.4 Å². The lowest BCUT2D eigenvalue weighted by Gasteiger charge is -2.32. The number of hydrogen-bond acceptors (Lipinski definition) is 4. The second-order valence-corrected chi connectivity index (χ2v) is 6.66. The molecular weight excluding hydrogens is 326 g/mol. The number of halogens is 1. The Morgan fingerprint density at radius 2 is 2.08 bits per heavy atom. The zero-order chi connectivity index (χ0) is 17.2. The van der Waals surface area contributed by atoms with Crippen LogP contribution in [0.2, 0.25) is 0 Å². The van der Waals surface area contributed by atoms with Crippen LogP contribution in [-0.2, 0) is 9.53 Å². The minimum absolute atomic E-state index is 0.0442. The van der Waals surface area contributed by atoms with E-state index in [2.05, 4.69) is 24.0 Å². The number of carbonyl (C=O) groups is 1. The normalized spacial score (nSPS) is 18.5. The van der Waals surface area contributed by atoms with Gasteiger partial charge in [-0.3, -0.25) is 9.69 Å². The first-order chi connectivity index (χ1) is 11.7. The second-order valence-electron chi connectivity index (χ2n) is 6.24. The molecule has 1 heterocycles. The fourth-order valence-electron chi connectivity index (χ4n) is 2.85. The summed E-state index contributed by atoms with van der Waals surface area (Å²) >= 11 is 5.43. The van der Waals surface area contributed by atoms with Crippen molar-refractivity contribution in [3.63, 3.8) is 0 Å². The number of benzene rings is 1. The Morgan fingerprint density at radius 1 is 1.29 bits per heavy atom. The number of ether oxygens (including phenoxy) is 2. The maximum Gasteiger partial charge on any atom is 0.222 e. The van der Waals surface area contributed by atoms with E-state index < -0.39 is 0 Å². The summed E-state index contributed by atoms with van der Waals surface area (Å²) in [4.78, 5) is 13.1. The SMILES string of the molecule is CCCCCCOc1ccc(C2CN(CCC(=O)Cl)CCO2)cc1. The number of carbonyl (C=O) groups excluding carboxylic acids is 1. The molecule has 1 unspecified atom stereocenters. The highest BCUT2D eigenvalue weighted by atomic mass is 35.5. The summed E-state index contributed by atoms with van der Waals surface area (Å²) in [7, 11) is 0. The van der Waals surface area contributed by atoms with Gasteiger partial charge in [-0.2, -0.15) is 0 Å². The number of rotatable bonds is 10. The summed E-state index contributed by atoms with van der Waals surface area (Å²) in [6.07, 6.45) is 5.28. The van der Waals surface area contributed by atoms with E-state index in [1.807, 2.05) is 12.1 Å². The summed E-state index contributed by atoms with van der Waals surface area (Å²) in [6, 6.07) is 8.17. The van der Waals surface area contributed by atoms with Crippen LogP contribution >= 0.6 is 11.6 Å². The van der Waals surface area contributed by atoms with Crippen LogP contribution in [-0.4, -0.2) is 43.0 Å². The van der Waals surface area contributed by atoms with Crippen molar-refractivity contribution in [1.29, 1.82) is 0 Å². The molecule has 1 atom stereocenters. The third-order valence-electron chi connectivity index (χ3n) is 4.29. The number of nitrogens with zero attached hydrogens (tertiary/aromatic N) is 1. The van der Waals surface area contributed by atoms with Crippen molar-refractivity contribution >= 4 is 16.8 Å². The predicted molar refractivity (Wildman–Crippen MR) is 96.7 cm³/mol. The molecule has 1 aliphatic rings. The van der Waals surface area contributed by atoms with Gasteiger partial charge in [-0.05, 0) is 35.7 Å². The summed E-state index contributed by atoms with van der Waals surface area (Å²) < 4.78 is 11.6. The minimum Gasteiger partial charge on any atom is -0.494 e. The molecule has 1 aliphatic heterocycles. The lowest BCUT2D eigenvalue weighted by atomic mass is 10.1. The third-order valence-corrected chi connectivity index (χ3v) is 4.48. The van der Waals surface area contributed by atoms with E-state index in [0.29, 0.717) is 19.6 Å². The highest BCUT2D eigenvalue weighted by molar-refractivity contribution is 6.63.